The Labute approximate surface area is 108 Å². The molecule has 1 heterocycles. The van der Waals surface area contributed by atoms with E-state index in [9.17, 15) is 4.21 Å². The second kappa shape index (κ2) is 4.70. The van der Waals surface area contributed by atoms with Gasteiger partial charge in [0.2, 0.25) is 0 Å². The Kier molecular flexibility index (Phi) is 3.45. The molecule has 0 spiro atoms. The van der Waals surface area contributed by atoms with Gasteiger partial charge in [-0.3, -0.25) is 0 Å². The first-order chi connectivity index (χ1) is 7.98. The summed E-state index contributed by atoms with van der Waals surface area (Å²) in [6.07, 6.45) is 1.72. The molecule has 0 N–H and O–H groups in total. The second-order valence-electron chi connectivity index (χ2n) is 4.78. The van der Waals surface area contributed by atoms with Crippen molar-refractivity contribution < 1.29 is 4.21 Å². The molecule has 0 amide bonds. The van der Waals surface area contributed by atoms with Crippen LogP contribution in [-0.4, -0.2) is 15.2 Å². The van der Waals surface area contributed by atoms with E-state index in [1.165, 1.54) is 10.1 Å². The van der Waals surface area contributed by atoms with E-state index >= 15 is 0 Å². The summed E-state index contributed by atoms with van der Waals surface area (Å²) in [6, 6.07) is 8.15. The third-order valence-corrected chi connectivity index (χ3v) is 4.64. The fourth-order valence-electron chi connectivity index (χ4n) is 1.38. The number of hydrogen-bond donors (Lipinski definition) is 0. The van der Waals surface area contributed by atoms with Crippen LogP contribution < -0.4 is 0 Å². The van der Waals surface area contributed by atoms with Gasteiger partial charge in [0.1, 0.15) is 11.0 Å². The lowest BCUT2D eigenvalue weighted by Crippen LogP contribution is -2.19. The average molecular weight is 265 g/mol. The van der Waals surface area contributed by atoms with Crippen LogP contribution in [0.1, 0.15) is 26.3 Å². The summed E-state index contributed by atoms with van der Waals surface area (Å²) in [6.45, 7) is 5.77. The summed E-state index contributed by atoms with van der Waals surface area (Å²) < 4.78 is 16.9. The first-order valence-corrected chi connectivity index (χ1v) is 7.39. The maximum atomic E-state index is 11.8. The van der Waals surface area contributed by atoms with Crippen LogP contribution in [0.4, 0.5) is 0 Å². The fourth-order valence-corrected chi connectivity index (χ4v) is 2.79. The summed E-state index contributed by atoms with van der Waals surface area (Å²) in [4.78, 5) is 0. The Morgan fingerprint density at radius 1 is 1.29 bits per heavy atom. The molecule has 17 heavy (non-hydrogen) atoms. The Bertz CT molecular complexity index is 578. The molecule has 0 saturated carbocycles. The van der Waals surface area contributed by atoms with E-state index in [2.05, 4.69) is 21.9 Å². The molecule has 0 radical (unpaired) electrons. The number of benzene rings is 1. The predicted molar refractivity (Wildman–Crippen MR) is 77.3 cm³/mol. The zero-order chi connectivity index (χ0) is 12.5. The normalized spacial score (nSPS) is 14.5. The third kappa shape index (κ3) is 2.82. The maximum Gasteiger partial charge on any atom is 0.144 e. The standard InChI is InChI=1S/C13H15NOS2/c1-13(2,3)17(15)14-9-11-6-4-5-10-7-8-16-12(10)11/h4-9H,1-3H3. The molecule has 1 aromatic carbocycles. The van der Waals surface area contributed by atoms with Gasteiger partial charge in [0.15, 0.2) is 0 Å². The molecule has 0 saturated heterocycles. The Balaban J connectivity index is 2.33. The molecule has 2 rings (SSSR count). The van der Waals surface area contributed by atoms with Crippen LogP contribution in [0.5, 0.6) is 0 Å². The molecule has 1 unspecified atom stereocenters. The van der Waals surface area contributed by atoms with Gasteiger partial charge >= 0.3 is 0 Å². The lowest BCUT2D eigenvalue weighted by atomic mass is 10.2. The van der Waals surface area contributed by atoms with E-state index in [-0.39, 0.29) is 4.75 Å². The van der Waals surface area contributed by atoms with Crippen molar-refractivity contribution >= 4 is 38.6 Å². The molecular weight excluding hydrogens is 250 g/mol. The van der Waals surface area contributed by atoms with Crippen LogP contribution in [0.3, 0.4) is 0 Å². The van der Waals surface area contributed by atoms with Crippen molar-refractivity contribution in [2.75, 3.05) is 0 Å². The Morgan fingerprint density at radius 3 is 2.76 bits per heavy atom. The van der Waals surface area contributed by atoms with Crippen molar-refractivity contribution in [1.82, 2.24) is 0 Å². The largest absolute Gasteiger partial charge is 0.234 e. The van der Waals surface area contributed by atoms with Gasteiger partial charge in [-0.15, -0.1) is 11.3 Å². The van der Waals surface area contributed by atoms with Crippen LogP contribution in [0.2, 0.25) is 0 Å². The van der Waals surface area contributed by atoms with Gasteiger partial charge in [0.05, 0.1) is 4.75 Å². The predicted octanol–water partition coefficient (Wildman–Crippen LogP) is 3.78. The summed E-state index contributed by atoms with van der Waals surface area (Å²) in [5, 5.41) is 3.27. The maximum absolute atomic E-state index is 11.8. The Hall–Kier alpha value is -1.00. The van der Waals surface area contributed by atoms with E-state index in [0.717, 1.165) is 5.56 Å². The SMILES string of the molecule is CC(C)(C)S(=O)N=Cc1cccc2ccsc12. The van der Waals surface area contributed by atoms with Crippen molar-refractivity contribution in [2.45, 2.75) is 25.5 Å². The number of fused-ring (bicyclic) bond motifs is 1. The van der Waals surface area contributed by atoms with Gasteiger partial charge in [-0.2, -0.15) is 4.40 Å². The van der Waals surface area contributed by atoms with Gasteiger partial charge < -0.3 is 0 Å². The van der Waals surface area contributed by atoms with Gasteiger partial charge in [-0.1, -0.05) is 18.2 Å². The highest BCUT2D eigenvalue weighted by Crippen LogP contribution is 2.23. The van der Waals surface area contributed by atoms with Crippen LogP contribution in [-0.2, 0) is 11.0 Å². The number of nitrogens with zero attached hydrogens (tertiary/aromatic N) is 1. The van der Waals surface area contributed by atoms with Crippen molar-refractivity contribution in [2.24, 2.45) is 4.40 Å². The first kappa shape index (κ1) is 12.5. The zero-order valence-corrected chi connectivity index (χ0v) is 11.8. The van der Waals surface area contributed by atoms with Crippen molar-refractivity contribution in [3.63, 3.8) is 0 Å². The molecule has 1 aromatic heterocycles. The van der Waals surface area contributed by atoms with E-state index in [1.807, 2.05) is 32.9 Å². The van der Waals surface area contributed by atoms with E-state index < -0.39 is 11.0 Å². The minimum absolute atomic E-state index is 0.306. The van der Waals surface area contributed by atoms with E-state index in [0.29, 0.717) is 0 Å². The molecule has 2 aromatic rings. The highest BCUT2D eigenvalue weighted by molar-refractivity contribution is 7.85. The molecule has 2 nitrogen and oxygen atoms in total. The first-order valence-electron chi connectivity index (χ1n) is 5.41. The van der Waals surface area contributed by atoms with E-state index in [4.69, 9.17) is 0 Å². The summed E-state index contributed by atoms with van der Waals surface area (Å²) in [5.41, 5.74) is 1.04. The van der Waals surface area contributed by atoms with E-state index in [1.54, 1.807) is 17.6 Å². The highest BCUT2D eigenvalue weighted by Gasteiger charge is 2.18. The third-order valence-electron chi connectivity index (χ3n) is 2.32. The Morgan fingerprint density at radius 2 is 2.06 bits per heavy atom. The van der Waals surface area contributed by atoms with Gasteiger partial charge in [0, 0.05) is 16.5 Å². The van der Waals surface area contributed by atoms with Gasteiger partial charge in [0.25, 0.3) is 0 Å². The van der Waals surface area contributed by atoms with Gasteiger partial charge in [-0.05, 0) is 37.6 Å². The van der Waals surface area contributed by atoms with Crippen LogP contribution in [0.25, 0.3) is 10.1 Å². The highest BCUT2D eigenvalue weighted by atomic mass is 32.2. The van der Waals surface area contributed by atoms with Crippen molar-refractivity contribution in [1.29, 1.82) is 0 Å². The summed E-state index contributed by atoms with van der Waals surface area (Å²) >= 11 is 1.68. The zero-order valence-electron chi connectivity index (χ0n) is 10.1. The van der Waals surface area contributed by atoms with Crippen LogP contribution >= 0.6 is 11.3 Å². The number of thiophene rings is 1. The molecule has 90 valence electrons. The molecule has 1 atom stereocenters. The quantitative estimate of drug-likeness (QED) is 0.760. The molecular formula is C13H15NOS2. The average Bonchev–Trinajstić information content (AvgIpc) is 2.72. The number of hydrogen-bond acceptors (Lipinski definition) is 2. The smallest absolute Gasteiger partial charge is 0.144 e. The molecule has 0 aliphatic heterocycles. The second-order valence-corrected chi connectivity index (χ2v) is 7.63. The lowest BCUT2D eigenvalue weighted by Gasteiger charge is -2.12. The minimum Gasteiger partial charge on any atom is -0.234 e. The molecule has 0 fully saturated rings. The molecule has 4 heteroatoms. The summed E-state index contributed by atoms with van der Waals surface area (Å²) in [5.74, 6) is 0. The van der Waals surface area contributed by atoms with Crippen molar-refractivity contribution in [3.8, 4) is 0 Å². The fraction of sp³-hybridized carbons (Fsp3) is 0.308. The number of rotatable bonds is 2. The lowest BCUT2D eigenvalue weighted by molar-refractivity contribution is 0.651. The minimum atomic E-state index is -1.19. The van der Waals surface area contributed by atoms with Crippen LogP contribution in [0, 0.1) is 0 Å². The van der Waals surface area contributed by atoms with Crippen LogP contribution in [0.15, 0.2) is 34.0 Å². The van der Waals surface area contributed by atoms with Gasteiger partial charge in [-0.25, -0.2) is 4.21 Å². The molecule has 0 bridgehead atoms. The molecule has 0 aliphatic carbocycles. The monoisotopic (exact) mass is 265 g/mol. The van der Waals surface area contributed by atoms with Crippen molar-refractivity contribution in [3.05, 3.63) is 35.2 Å². The molecule has 0 aliphatic rings. The summed E-state index contributed by atoms with van der Waals surface area (Å²) in [7, 11) is -1.19. The topological polar surface area (TPSA) is 29.4 Å².